The van der Waals surface area contributed by atoms with Gasteiger partial charge in [-0.3, -0.25) is 0 Å². The summed E-state index contributed by atoms with van der Waals surface area (Å²) in [5.41, 5.74) is 57.0. The van der Waals surface area contributed by atoms with Crippen molar-refractivity contribution < 1.29 is 0 Å². The molecule has 6 nitrogen and oxygen atoms in total. The fourth-order valence-corrected chi connectivity index (χ4v) is 23.9. The van der Waals surface area contributed by atoms with Gasteiger partial charge in [0.1, 0.15) is 0 Å². The van der Waals surface area contributed by atoms with Crippen molar-refractivity contribution in [1.29, 1.82) is 0 Å². The van der Waals surface area contributed by atoms with Gasteiger partial charge >= 0.3 is 20.5 Å². The van der Waals surface area contributed by atoms with Crippen molar-refractivity contribution >= 4 is 139 Å². The van der Waals surface area contributed by atoms with Crippen molar-refractivity contribution in [3.63, 3.8) is 0 Å². The molecule has 9 heteroatoms. The first-order valence-corrected chi connectivity index (χ1v) is 47.0. The van der Waals surface area contributed by atoms with Gasteiger partial charge < -0.3 is 29.1 Å². The van der Waals surface area contributed by atoms with Crippen LogP contribution in [0.4, 0.5) is 85.3 Å². The van der Waals surface area contributed by atoms with Crippen LogP contribution in [0.3, 0.4) is 0 Å². The SMILES string of the molecule is c1ccc(-c2cc(-c3ccccc3)cc(N3c4cccc5c4B4c6c(cccc63)-c3ccccc3N4c3ccccc3-5)c2)cc1.c1ccc(-c2cccc(-c3ccccc3)c2N2c3cccc4c3B3c5c(cccc52)-c2ccccc2N3c2ccccc2-4)cc1.c1ccc(-c2cccc(-c3ccccc3N3c4cccc5c4B4c6c(cccc63)-c3ccccc3N4c3ccccc3-5)c2)cc1. The first-order chi connectivity index (χ1) is 67.1. The highest BCUT2D eigenvalue weighted by molar-refractivity contribution is 6.97. The molecule has 624 valence electrons. The average Bonchev–Trinajstić information content (AvgIpc) is 0.688. The third-order valence-electron chi connectivity index (χ3n) is 29.3. The highest BCUT2D eigenvalue weighted by Gasteiger charge is 2.53. The first kappa shape index (κ1) is 76.5. The normalized spacial score (nSPS) is 13.2. The Morgan fingerprint density at radius 2 is 0.326 bits per heavy atom. The molecule has 0 unspecified atom stereocenters. The standard InChI is InChI=1S/3C42H27BN2/c1-3-14-28(15-4-1)30-20-11-21-31(29-16-5-2-6-17-29)42(30)44-38-26-12-22-34-32-18-7-9-24-36(32)45-37-25-10-8-19-33(37)35-23-13-27-39(44)41(35)43(45)40(34)38;1-3-13-28(14-4-1)30-25-31(29-15-5-2-6-16-29)27-32(26-30)44-39-23-11-19-35-33-17-7-9-21-37(33)45-38-22-10-8-18-34(38)36-20-12-24-40(44)42(36)43(45)41(35)39;1-2-13-28(14-3-1)29-15-10-16-30(27-29)31-17-4-7-22-36(31)44-39-25-11-20-34-32-18-5-8-23-37(32)45-38-24-9-6-19-33(38)35-21-12-26-40(44)42(35)43(45)41(34)39/h3*1-27H. The molecule has 0 radical (unpaired) electrons. The topological polar surface area (TPSA) is 19.4 Å². The third kappa shape index (κ3) is 11.6. The van der Waals surface area contributed by atoms with E-state index in [2.05, 4.69) is 521 Å². The van der Waals surface area contributed by atoms with Crippen molar-refractivity contribution in [2.45, 2.75) is 0 Å². The summed E-state index contributed by atoms with van der Waals surface area (Å²) in [6, 6.07) is 180. The van der Waals surface area contributed by atoms with Crippen molar-refractivity contribution in [2.24, 2.45) is 0 Å². The molecule has 0 aliphatic carbocycles. The third-order valence-corrected chi connectivity index (χ3v) is 29.3. The second-order valence-electron chi connectivity index (χ2n) is 36.3. The molecular formula is C126H81B3N6. The van der Waals surface area contributed by atoms with Crippen molar-refractivity contribution in [3.05, 3.63) is 491 Å². The lowest BCUT2D eigenvalue weighted by atomic mass is 9.41. The average molecular weight is 1710 g/mol. The summed E-state index contributed by atoms with van der Waals surface area (Å²) in [6.45, 7) is 0.263. The lowest BCUT2D eigenvalue weighted by Gasteiger charge is -2.49. The summed E-state index contributed by atoms with van der Waals surface area (Å²) in [5.74, 6) is 0. The number of anilines is 15. The Balaban J connectivity index is 0.000000101. The smallest absolute Gasteiger partial charge is 0.333 e. The molecule has 0 spiro atoms. The van der Waals surface area contributed by atoms with Crippen LogP contribution < -0.4 is 61.9 Å². The van der Waals surface area contributed by atoms with Gasteiger partial charge in [0.25, 0.3) is 0 Å². The number of nitrogens with zero attached hydrogens (tertiary/aromatic N) is 6. The van der Waals surface area contributed by atoms with Gasteiger partial charge in [-0.2, -0.15) is 0 Å². The van der Waals surface area contributed by atoms with Crippen LogP contribution in [0.1, 0.15) is 0 Å². The van der Waals surface area contributed by atoms with Gasteiger partial charge in [0.05, 0.1) is 11.4 Å². The molecule has 21 aromatic carbocycles. The van der Waals surface area contributed by atoms with Crippen LogP contribution in [-0.2, 0) is 0 Å². The molecular weight excluding hydrogens is 1630 g/mol. The minimum absolute atomic E-state index is 0.0764. The molecule has 0 N–H and O–H groups in total. The summed E-state index contributed by atoms with van der Waals surface area (Å²) < 4.78 is 0. The van der Waals surface area contributed by atoms with Crippen LogP contribution >= 0.6 is 0 Å². The highest BCUT2D eigenvalue weighted by atomic mass is 15.2. The van der Waals surface area contributed by atoms with E-state index >= 15 is 0 Å². The minimum Gasteiger partial charge on any atom is -0.376 e. The number of fused-ring (bicyclic) bond motifs is 18. The van der Waals surface area contributed by atoms with Crippen LogP contribution in [0, 0.1) is 0 Å². The molecule has 0 fully saturated rings. The highest BCUT2D eigenvalue weighted by Crippen LogP contribution is 2.59. The summed E-state index contributed by atoms with van der Waals surface area (Å²) in [6.07, 6.45) is 0. The van der Waals surface area contributed by atoms with E-state index in [0.717, 1.165) is 0 Å². The van der Waals surface area contributed by atoms with Crippen LogP contribution in [0.5, 0.6) is 0 Å². The summed E-state index contributed by atoms with van der Waals surface area (Å²) in [5, 5.41) is 0. The van der Waals surface area contributed by atoms with Gasteiger partial charge in [0, 0.05) is 124 Å². The Morgan fingerprint density at radius 1 is 0.119 bits per heavy atom. The predicted molar refractivity (Wildman–Crippen MR) is 570 cm³/mol. The van der Waals surface area contributed by atoms with E-state index in [1.54, 1.807) is 0 Å². The van der Waals surface area contributed by atoms with Gasteiger partial charge in [0.2, 0.25) is 0 Å². The zero-order chi connectivity index (χ0) is 88.5. The maximum atomic E-state index is 2.60. The molecule has 21 aromatic rings. The number of benzene rings is 21. The van der Waals surface area contributed by atoms with Crippen LogP contribution in [-0.4, -0.2) is 20.5 Å². The summed E-state index contributed by atoms with van der Waals surface area (Å²) in [4.78, 5) is 15.4. The minimum atomic E-state index is 0.0764. The monoisotopic (exact) mass is 1710 g/mol. The Morgan fingerprint density at radius 3 is 0.652 bits per heavy atom. The summed E-state index contributed by atoms with van der Waals surface area (Å²) in [7, 11) is 0. The lowest BCUT2D eigenvalue weighted by Crippen LogP contribution is -2.63. The van der Waals surface area contributed by atoms with E-state index in [1.165, 1.54) is 252 Å². The summed E-state index contributed by atoms with van der Waals surface area (Å²) >= 11 is 0. The maximum absolute atomic E-state index is 2.60. The first-order valence-electron chi connectivity index (χ1n) is 47.0. The molecule has 0 saturated carbocycles. The fraction of sp³-hybridized carbons (Fsp3) is 0. The molecule has 0 saturated heterocycles. The molecule has 0 aromatic heterocycles. The van der Waals surface area contributed by atoms with Crippen LogP contribution in [0.25, 0.3) is 134 Å². The lowest BCUT2D eigenvalue weighted by molar-refractivity contribution is 1.26. The maximum Gasteiger partial charge on any atom is 0.333 e. The molecule has 30 rings (SSSR count). The molecule has 0 amide bonds. The van der Waals surface area contributed by atoms with Crippen LogP contribution in [0.2, 0.25) is 0 Å². The van der Waals surface area contributed by atoms with E-state index in [9.17, 15) is 0 Å². The van der Waals surface area contributed by atoms with Gasteiger partial charge in [0.15, 0.2) is 0 Å². The van der Waals surface area contributed by atoms with Gasteiger partial charge in [-0.25, -0.2) is 0 Å². The number of hydrogen-bond acceptors (Lipinski definition) is 6. The van der Waals surface area contributed by atoms with Crippen LogP contribution in [0.15, 0.2) is 491 Å². The van der Waals surface area contributed by atoms with E-state index in [1.807, 2.05) is 0 Å². The van der Waals surface area contributed by atoms with Crippen molar-refractivity contribution in [3.8, 4) is 134 Å². The molecule has 0 atom stereocenters. The van der Waals surface area contributed by atoms with Crippen molar-refractivity contribution in [2.75, 3.05) is 29.1 Å². The molecule has 0 bridgehead atoms. The second kappa shape index (κ2) is 30.6. The second-order valence-corrected chi connectivity index (χ2v) is 36.3. The van der Waals surface area contributed by atoms with Gasteiger partial charge in [-0.1, -0.05) is 388 Å². The Bertz CT molecular complexity index is 8040. The Kier molecular flexibility index (Phi) is 17.3. The Hall–Kier alpha value is -17.4. The number of para-hydroxylation sites is 8. The van der Waals surface area contributed by atoms with Gasteiger partial charge in [-0.15, -0.1) is 0 Å². The zero-order valence-electron chi connectivity index (χ0n) is 73.7. The molecule has 135 heavy (non-hydrogen) atoms. The zero-order valence-corrected chi connectivity index (χ0v) is 73.7. The van der Waals surface area contributed by atoms with E-state index < -0.39 is 0 Å². The largest absolute Gasteiger partial charge is 0.376 e. The Labute approximate surface area is 787 Å². The molecule has 9 aliphatic heterocycles. The molecule has 9 heterocycles. The van der Waals surface area contributed by atoms with E-state index in [0.29, 0.717) is 0 Å². The van der Waals surface area contributed by atoms with Crippen molar-refractivity contribution in [1.82, 2.24) is 0 Å². The number of rotatable bonds is 9. The van der Waals surface area contributed by atoms with E-state index in [4.69, 9.17) is 0 Å². The quantitative estimate of drug-likeness (QED) is 0.133. The van der Waals surface area contributed by atoms with Gasteiger partial charge in [-0.05, 0) is 219 Å². The number of hydrogen-bond donors (Lipinski definition) is 0. The predicted octanol–water partition coefficient (Wildman–Crippen LogP) is 29.1. The fourth-order valence-electron chi connectivity index (χ4n) is 23.9. The van der Waals surface area contributed by atoms with E-state index in [-0.39, 0.29) is 20.5 Å². The molecule has 9 aliphatic rings.